The van der Waals surface area contributed by atoms with Crippen LogP contribution in [0.3, 0.4) is 0 Å². The molecular formula is C8H18N2O2. The first-order valence-electron chi connectivity index (χ1n) is 4.17. The van der Waals surface area contributed by atoms with Gasteiger partial charge >= 0.3 is 0 Å². The minimum atomic E-state index is -0.262. The SMILES string of the molecule is COCCCNC(C)CC(N)=O. The molecule has 0 aliphatic carbocycles. The number of nitrogens with two attached hydrogens (primary N) is 1. The molecule has 0 saturated heterocycles. The molecule has 0 spiro atoms. The molecule has 0 rings (SSSR count). The van der Waals surface area contributed by atoms with Gasteiger partial charge in [-0.2, -0.15) is 0 Å². The van der Waals surface area contributed by atoms with Crippen molar-refractivity contribution in [2.45, 2.75) is 25.8 Å². The molecule has 1 atom stereocenters. The maximum Gasteiger partial charge on any atom is 0.218 e. The molecule has 1 unspecified atom stereocenters. The van der Waals surface area contributed by atoms with Crippen molar-refractivity contribution in [1.82, 2.24) is 5.32 Å². The van der Waals surface area contributed by atoms with E-state index in [1.54, 1.807) is 7.11 Å². The van der Waals surface area contributed by atoms with Crippen molar-refractivity contribution < 1.29 is 9.53 Å². The molecule has 0 saturated carbocycles. The molecule has 12 heavy (non-hydrogen) atoms. The van der Waals surface area contributed by atoms with Gasteiger partial charge < -0.3 is 15.8 Å². The minimum Gasteiger partial charge on any atom is -0.385 e. The van der Waals surface area contributed by atoms with Crippen LogP contribution in [-0.2, 0) is 9.53 Å². The van der Waals surface area contributed by atoms with Crippen molar-refractivity contribution in [2.24, 2.45) is 5.73 Å². The second kappa shape index (κ2) is 7.06. The fraction of sp³-hybridized carbons (Fsp3) is 0.875. The normalized spacial score (nSPS) is 12.8. The average Bonchev–Trinajstić information content (AvgIpc) is 1.97. The summed E-state index contributed by atoms with van der Waals surface area (Å²) in [7, 11) is 1.67. The number of ether oxygens (including phenoxy) is 1. The summed E-state index contributed by atoms with van der Waals surface area (Å²) < 4.78 is 4.87. The van der Waals surface area contributed by atoms with Gasteiger partial charge in [-0.15, -0.1) is 0 Å². The number of hydrogen-bond acceptors (Lipinski definition) is 3. The van der Waals surface area contributed by atoms with Crippen LogP contribution in [0.1, 0.15) is 19.8 Å². The lowest BCUT2D eigenvalue weighted by atomic mass is 10.2. The number of primary amides is 1. The van der Waals surface area contributed by atoms with Crippen molar-refractivity contribution in [3.05, 3.63) is 0 Å². The van der Waals surface area contributed by atoms with Crippen LogP contribution >= 0.6 is 0 Å². The van der Waals surface area contributed by atoms with Crippen molar-refractivity contribution in [2.75, 3.05) is 20.3 Å². The van der Waals surface area contributed by atoms with Crippen LogP contribution in [0.15, 0.2) is 0 Å². The molecule has 0 aliphatic heterocycles. The second-order valence-electron chi connectivity index (χ2n) is 2.87. The first-order valence-corrected chi connectivity index (χ1v) is 4.17. The summed E-state index contributed by atoms with van der Waals surface area (Å²) in [5.74, 6) is -0.262. The predicted molar refractivity (Wildman–Crippen MR) is 47.8 cm³/mol. The largest absolute Gasteiger partial charge is 0.385 e. The van der Waals surface area contributed by atoms with E-state index >= 15 is 0 Å². The number of hydrogen-bond donors (Lipinski definition) is 2. The Labute approximate surface area is 73.5 Å². The third-order valence-corrected chi connectivity index (χ3v) is 1.53. The van der Waals surface area contributed by atoms with Crippen LogP contribution in [-0.4, -0.2) is 32.2 Å². The van der Waals surface area contributed by atoms with E-state index in [1.807, 2.05) is 6.92 Å². The minimum absolute atomic E-state index is 0.166. The number of methoxy groups -OCH3 is 1. The lowest BCUT2D eigenvalue weighted by Crippen LogP contribution is -2.31. The fourth-order valence-corrected chi connectivity index (χ4v) is 0.939. The van der Waals surface area contributed by atoms with Gasteiger partial charge in [-0.3, -0.25) is 4.79 Å². The number of nitrogens with one attached hydrogen (secondary N) is 1. The average molecular weight is 174 g/mol. The lowest BCUT2D eigenvalue weighted by Gasteiger charge is -2.10. The number of amides is 1. The molecular weight excluding hydrogens is 156 g/mol. The van der Waals surface area contributed by atoms with Crippen LogP contribution in [0.2, 0.25) is 0 Å². The summed E-state index contributed by atoms with van der Waals surface area (Å²) in [5, 5.41) is 3.17. The topological polar surface area (TPSA) is 64.3 Å². The molecule has 0 aromatic carbocycles. The van der Waals surface area contributed by atoms with Gasteiger partial charge in [0.2, 0.25) is 5.91 Å². The summed E-state index contributed by atoms with van der Waals surface area (Å²) in [4.78, 5) is 10.5. The Morgan fingerprint density at radius 1 is 1.67 bits per heavy atom. The quantitative estimate of drug-likeness (QED) is 0.529. The molecule has 0 heterocycles. The molecule has 0 aliphatic rings. The molecule has 4 heteroatoms. The Hall–Kier alpha value is -0.610. The highest BCUT2D eigenvalue weighted by Gasteiger charge is 2.03. The summed E-state index contributed by atoms with van der Waals surface area (Å²) in [6.07, 6.45) is 1.35. The highest BCUT2D eigenvalue weighted by molar-refractivity contribution is 5.74. The Bertz CT molecular complexity index is 128. The molecule has 0 fully saturated rings. The van der Waals surface area contributed by atoms with E-state index in [0.717, 1.165) is 19.6 Å². The van der Waals surface area contributed by atoms with E-state index < -0.39 is 0 Å². The van der Waals surface area contributed by atoms with Gasteiger partial charge in [0, 0.05) is 26.2 Å². The standard InChI is InChI=1S/C8H18N2O2/c1-7(6-8(9)11)10-4-3-5-12-2/h7,10H,3-6H2,1-2H3,(H2,9,11). The van der Waals surface area contributed by atoms with E-state index in [4.69, 9.17) is 10.5 Å². The van der Waals surface area contributed by atoms with Crippen LogP contribution < -0.4 is 11.1 Å². The van der Waals surface area contributed by atoms with Gasteiger partial charge in [0.15, 0.2) is 0 Å². The van der Waals surface area contributed by atoms with Crippen molar-refractivity contribution in [1.29, 1.82) is 0 Å². The Morgan fingerprint density at radius 3 is 2.83 bits per heavy atom. The monoisotopic (exact) mass is 174 g/mol. The molecule has 0 bridgehead atoms. The van der Waals surface area contributed by atoms with Gasteiger partial charge in [0.25, 0.3) is 0 Å². The zero-order valence-corrected chi connectivity index (χ0v) is 7.80. The molecule has 72 valence electrons. The van der Waals surface area contributed by atoms with Gasteiger partial charge in [-0.05, 0) is 19.9 Å². The maximum atomic E-state index is 10.5. The molecule has 0 radical (unpaired) electrons. The van der Waals surface area contributed by atoms with Gasteiger partial charge in [-0.25, -0.2) is 0 Å². The Morgan fingerprint density at radius 2 is 2.33 bits per heavy atom. The summed E-state index contributed by atoms with van der Waals surface area (Å²) in [5.41, 5.74) is 5.02. The number of carbonyl (C=O) groups excluding carboxylic acids is 1. The van der Waals surface area contributed by atoms with Gasteiger partial charge in [-0.1, -0.05) is 0 Å². The Balaban J connectivity index is 3.19. The Kier molecular flexibility index (Phi) is 6.70. The number of carbonyl (C=O) groups is 1. The van der Waals surface area contributed by atoms with E-state index in [-0.39, 0.29) is 11.9 Å². The van der Waals surface area contributed by atoms with Crippen LogP contribution in [0.4, 0.5) is 0 Å². The maximum absolute atomic E-state index is 10.5. The van der Waals surface area contributed by atoms with E-state index in [9.17, 15) is 4.79 Å². The van der Waals surface area contributed by atoms with Crippen molar-refractivity contribution in [3.8, 4) is 0 Å². The molecule has 3 N–H and O–H groups in total. The summed E-state index contributed by atoms with van der Waals surface area (Å²) in [6.45, 7) is 3.55. The highest BCUT2D eigenvalue weighted by Crippen LogP contribution is 1.89. The van der Waals surface area contributed by atoms with Crippen LogP contribution in [0.5, 0.6) is 0 Å². The summed E-state index contributed by atoms with van der Waals surface area (Å²) >= 11 is 0. The molecule has 0 aromatic heterocycles. The van der Waals surface area contributed by atoms with Crippen molar-refractivity contribution >= 4 is 5.91 Å². The third-order valence-electron chi connectivity index (χ3n) is 1.53. The third kappa shape index (κ3) is 7.50. The first-order chi connectivity index (χ1) is 5.66. The van der Waals surface area contributed by atoms with Crippen LogP contribution in [0, 0.1) is 0 Å². The number of rotatable bonds is 7. The second-order valence-corrected chi connectivity index (χ2v) is 2.87. The lowest BCUT2D eigenvalue weighted by molar-refractivity contribution is -0.118. The molecule has 0 aromatic rings. The zero-order chi connectivity index (χ0) is 9.40. The fourth-order valence-electron chi connectivity index (χ4n) is 0.939. The van der Waals surface area contributed by atoms with E-state index in [1.165, 1.54) is 0 Å². The van der Waals surface area contributed by atoms with E-state index in [2.05, 4.69) is 5.32 Å². The predicted octanol–water partition coefficient (Wildman–Crippen LogP) is -0.124. The van der Waals surface area contributed by atoms with Gasteiger partial charge in [0.1, 0.15) is 0 Å². The smallest absolute Gasteiger partial charge is 0.218 e. The summed E-state index contributed by atoms with van der Waals surface area (Å²) in [6, 6.07) is 0.166. The van der Waals surface area contributed by atoms with E-state index in [0.29, 0.717) is 6.42 Å². The van der Waals surface area contributed by atoms with Crippen LogP contribution in [0.25, 0.3) is 0 Å². The van der Waals surface area contributed by atoms with Crippen molar-refractivity contribution in [3.63, 3.8) is 0 Å². The molecule has 1 amide bonds. The molecule has 4 nitrogen and oxygen atoms in total. The highest BCUT2D eigenvalue weighted by atomic mass is 16.5. The zero-order valence-electron chi connectivity index (χ0n) is 7.80. The first kappa shape index (κ1) is 11.4. The van der Waals surface area contributed by atoms with Gasteiger partial charge in [0.05, 0.1) is 0 Å².